The van der Waals surface area contributed by atoms with Gasteiger partial charge in [-0.05, 0) is 47.4 Å². The van der Waals surface area contributed by atoms with E-state index in [2.05, 4.69) is 5.32 Å². The summed E-state index contributed by atoms with van der Waals surface area (Å²) in [7, 11) is 0. The largest absolute Gasteiger partial charge is 0.452 e. The number of alkyl halides is 3. The molecule has 7 heteroatoms. The second-order valence-electron chi connectivity index (χ2n) is 6.37. The lowest BCUT2D eigenvalue weighted by molar-refractivity contribution is -0.154. The molecule has 0 aliphatic carbocycles. The first-order chi connectivity index (χ1) is 12.8. The van der Waals surface area contributed by atoms with Gasteiger partial charge in [0.05, 0.1) is 5.56 Å². The van der Waals surface area contributed by atoms with Crippen molar-refractivity contribution in [1.29, 1.82) is 0 Å². The molecule has 1 atom stereocenters. The highest BCUT2D eigenvalue weighted by Crippen LogP contribution is 2.33. The second-order valence-corrected chi connectivity index (χ2v) is 6.37. The van der Waals surface area contributed by atoms with Crippen LogP contribution in [0.25, 0.3) is 11.1 Å². The summed E-state index contributed by atoms with van der Waals surface area (Å²) in [4.78, 5) is 23.8. The first-order valence-electron chi connectivity index (χ1n) is 8.59. The molecule has 1 N–H and O–H groups in total. The molecular weight excluding hydrogens is 359 g/mol. The molecule has 0 aromatic heterocycles. The summed E-state index contributed by atoms with van der Waals surface area (Å²) in [6, 6.07) is 10.1. The molecule has 0 saturated heterocycles. The Kier molecular flexibility index (Phi) is 5.21. The van der Waals surface area contributed by atoms with Crippen LogP contribution in [0.2, 0.25) is 0 Å². The molecule has 0 bridgehead atoms. The van der Waals surface area contributed by atoms with Crippen LogP contribution in [0.15, 0.2) is 42.5 Å². The molecule has 1 aliphatic rings. The van der Waals surface area contributed by atoms with Crippen molar-refractivity contribution >= 4 is 17.6 Å². The highest BCUT2D eigenvalue weighted by molar-refractivity contribution is 5.98. The van der Waals surface area contributed by atoms with Crippen molar-refractivity contribution in [1.82, 2.24) is 0 Å². The number of carbonyl (C=O) groups is 2. The van der Waals surface area contributed by atoms with Gasteiger partial charge in [-0.1, -0.05) is 25.1 Å². The lowest BCUT2D eigenvalue weighted by atomic mass is 9.95. The maximum Gasteiger partial charge on any atom is 0.416 e. The van der Waals surface area contributed by atoms with Crippen molar-refractivity contribution < 1.29 is 27.5 Å². The van der Waals surface area contributed by atoms with Crippen LogP contribution >= 0.6 is 0 Å². The highest BCUT2D eigenvalue weighted by atomic mass is 19.4. The van der Waals surface area contributed by atoms with Crippen LogP contribution < -0.4 is 5.32 Å². The normalized spacial score (nSPS) is 16.4. The molecule has 4 nitrogen and oxygen atoms in total. The van der Waals surface area contributed by atoms with E-state index in [4.69, 9.17) is 4.74 Å². The third kappa shape index (κ3) is 4.30. The molecule has 1 aliphatic heterocycles. The Morgan fingerprint density at radius 2 is 1.81 bits per heavy atom. The van der Waals surface area contributed by atoms with Crippen LogP contribution in [0.3, 0.4) is 0 Å². The van der Waals surface area contributed by atoms with Gasteiger partial charge in [0.15, 0.2) is 6.10 Å². The number of carbonyl (C=O) groups excluding carboxylic acids is 2. The fraction of sp³-hybridized carbons (Fsp3) is 0.300. The number of halogens is 3. The Balaban J connectivity index is 1.82. The molecule has 0 radical (unpaired) electrons. The number of amides is 1. The molecule has 1 heterocycles. The van der Waals surface area contributed by atoms with Gasteiger partial charge in [0, 0.05) is 18.5 Å². The highest BCUT2D eigenvalue weighted by Gasteiger charge is 2.31. The van der Waals surface area contributed by atoms with Gasteiger partial charge in [0.25, 0.3) is 5.91 Å². The number of nitrogens with one attached hydrogen (secondary N) is 1. The van der Waals surface area contributed by atoms with Gasteiger partial charge in [-0.15, -0.1) is 0 Å². The average Bonchev–Trinajstić information content (AvgIpc) is 2.61. The fourth-order valence-electron chi connectivity index (χ4n) is 2.94. The van der Waals surface area contributed by atoms with E-state index in [1.54, 1.807) is 18.2 Å². The number of esters is 1. The fourth-order valence-corrected chi connectivity index (χ4v) is 2.94. The predicted molar refractivity (Wildman–Crippen MR) is 94.0 cm³/mol. The smallest absolute Gasteiger partial charge is 0.416 e. The van der Waals surface area contributed by atoms with Crippen LogP contribution in [0.5, 0.6) is 0 Å². The molecule has 1 amide bonds. The Labute approximate surface area is 154 Å². The van der Waals surface area contributed by atoms with E-state index < -0.39 is 23.8 Å². The van der Waals surface area contributed by atoms with Crippen molar-refractivity contribution in [2.75, 3.05) is 5.32 Å². The van der Waals surface area contributed by atoms with E-state index in [0.717, 1.165) is 23.3 Å². The summed E-state index contributed by atoms with van der Waals surface area (Å²) in [6.07, 6.45) is -4.19. The minimum atomic E-state index is -4.38. The maximum atomic E-state index is 12.7. The molecule has 0 fully saturated rings. The molecule has 2 aromatic rings. The van der Waals surface area contributed by atoms with Gasteiger partial charge in [-0.3, -0.25) is 9.59 Å². The lowest BCUT2D eigenvalue weighted by Crippen LogP contribution is -2.38. The van der Waals surface area contributed by atoms with Gasteiger partial charge in [0.2, 0.25) is 0 Å². The molecule has 2 aromatic carbocycles. The van der Waals surface area contributed by atoms with Crippen LogP contribution in [-0.4, -0.2) is 18.0 Å². The summed E-state index contributed by atoms with van der Waals surface area (Å²) in [5.74, 6) is -0.811. The predicted octanol–water partition coefficient (Wildman–Crippen LogP) is 4.58. The summed E-state index contributed by atoms with van der Waals surface area (Å²) >= 11 is 0. The van der Waals surface area contributed by atoms with E-state index in [0.29, 0.717) is 17.7 Å². The van der Waals surface area contributed by atoms with E-state index in [1.165, 1.54) is 12.1 Å². The SMILES string of the molecule is CCCC(=O)OC1Cc2cc(-c3ccc(C(F)(F)F)cc3)ccc2NC1=O. The Morgan fingerprint density at radius 1 is 1.15 bits per heavy atom. The van der Waals surface area contributed by atoms with Crippen LogP contribution in [0.1, 0.15) is 30.9 Å². The van der Waals surface area contributed by atoms with Crippen LogP contribution in [0.4, 0.5) is 18.9 Å². The van der Waals surface area contributed by atoms with Gasteiger partial charge in [-0.25, -0.2) is 0 Å². The molecular formula is C20H18F3NO3. The van der Waals surface area contributed by atoms with Crippen LogP contribution in [-0.2, 0) is 26.9 Å². The number of hydrogen-bond donors (Lipinski definition) is 1. The van der Waals surface area contributed by atoms with Crippen molar-refractivity contribution in [2.24, 2.45) is 0 Å². The molecule has 0 saturated carbocycles. The van der Waals surface area contributed by atoms with Crippen molar-refractivity contribution in [2.45, 2.75) is 38.5 Å². The minimum Gasteiger partial charge on any atom is -0.452 e. The maximum absolute atomic E-state index is 12.7. The van der Waals surface area contributed by atoms with E-state index in [-0.39, 0.29) is 18.7 Å². The quantitative estimate of drug-likeness (QED) is 0.794. The zero-order valence-corrected chi connectivity index (χ0v) is 14.6. The van der Waals surface area contributed by atoms with Gasteiger partial charge in [0.1, 0.15) is 0 Å². The zero-order valence-electron chi connectivity index (χ0n) is 14.6. The first-order valence-corrected chi connectivity index (χ1v) is 8.59. The Hall–Kier alpha value is -2.83. The molecule has 27 heavy (non-hydrogen) atoms. The van der Waals surface area contributed by atoms with Gasteiger partial charge >= 0.3 is 12.1 Å². The molecule has 142 valence electrons. The first kappa shape index (κ1) is 18.9. The lowest BCUT2D eigenvalue weighted by Gasteiger charge is -2.25. The average molecular weight is 377 g/mol. The number of ether oxygens (including phenoxy) is 1. The van der Waals surface area contributed by atoms with Crippen molar-refractivity contribution in [3.05, 3.63) is 53.6 Å². The van der Waals surface area contributed by atoms with E-state index in [9.17, 15) is 22.8 Å². The summed E-state index contributed by atoms with van der Waals surface area (Å²) in [6.45, 7) is 1.84. The van der Waals surface area contributed by atoms with Gasteiger partial charge < -0.3 is 10.1 Å². The summed E-state index contributed by atoms with van der Waals surface area (Å²) in [5.41, 5.74) is 2.01. The monoisotopic (exact) mass is 377 g/mol. The molecule has 3 rings (SSSR count). The third-order valence-electron chi connectivity index (χ3n) is 4.33. The number of fused-ring (bicyclic) bond motifs is 1. The number of rotatable bonds is 4. The van der Waals surface area contributed by atoms with E-state index in [1.807, 2.05) is 6.92 Å². The van der Waals surface area contributed by atoms with Crippen molar-refractivity contribution in [3.63, 3.8) is 0 Å². The second kappa shape index (κ2) is 7.42. The zero-order chi connectivity index (χ0) is 19.6. The van der Waals surface area contributed by atoms with E-state index >= 15 is 0 Å². The standard InChI is InChI=1S/C20H18F3NO3/c1-2-3-18(25)27-17-11-14-10-13(6-9-16(14)24-19(17)26)12-4-7-15(8-5-12)20(21,22)23/h4-10,17H,2-3,11H2,1H3,(H,24,26). The molecule has 1 unspecified atom stereocenters. The summed E-state index contributed by atoms with van der Waals surface area (Å²) in [5, 5.41) is 2.70. The Bertz CT molecular complexity index is 860. The number of benzene rings is 2. The number of anilines is 1. The summed E-state index contributed by atoms with van der Waals surface area (Å²) < 4.78 is 43.3. The Morgan fingerprint density at radius 3 is 2.44 bits per heavy atom. The van der Waals surface area contributed by atoms with Crippen LogP contribution in [0, 0.1) is 0 Å². The molecule has 0 spiro atoms. The number of hydrogen-bond acceptors (Lipinski definition) is 3. The van der Waals surface area contributed by atoms with Crippen molar-refractivity contribution in [3.8, 4) is 11.1 Å². The third-order valence-corrected chi connectivity index (χ3v) is 4.33. The topological polar surface area (TPSA) is 55.4 Å². The minimum absolute atomic E-state index is 0.227. The van der Waals surface area contributed by atoms with Gasteiger partial charge in [-0.2, -0.15) is 13.2 Å².